The van der Waals surface area contributed by atoms with Crippen molar-refractivity contribution in [2.75, 3.05) is 6.54 Å². The number of carbonyl (C=O) groups is 2. The first kappa shape index (κ1) is 25.3. The average Bonchev–Trinajstić information content (AvgIpc) is 3.49. The first-order valence-electron chi connectivity index (χ1n) is 11.7. The molecule has 3 aromatic rings. The molecule has 1 saturated carbocycles. The number of halogens is 3. The summed E-state index contributed by atoms with van der Waals surface area (Å²) in [6.45, 7) is 1.62. The molecule has 4 rings (SSSR count). The number of aromatic nitrogens is 7. The summed E-state index contributed by atoms with van der Waals surface area (Å²) in [6.07, 6.45) is 5.55. The Kier molecular flexibility index (Phi) is 7.90. The van der Waals surface area contributed by atoms with Crippen LogP contribution in [0.1, 0.15) is 64.2 Å². The summed E-state index contributed by atoms with van der Waals surface area (Å²) in [7, 11) is 0. The number of unbranched alkanes of at least 4 members (excludes halogenated alkanes) is 1. The Morgan fingerprint density at radius 2 is 1.56 bits per heavy atom. The Labute approximate surface area is 204 Å². The van der Waals surface area contributed by atoms with Gasteiger partial charge in [0, 0.05) is 38.6 Å². The normalized spacial score (nSPS) is 13.9. The highest BCUT2D eigenvalue weighted by Gasteiger charge is 2.31. The monoisotopic (exact) mass is 505 g/mol. The number of nitrogens with one attached hydrogen (secondary N) is 2. The second kappa shape index (κ2) is 11.3. The molecule has 0 spiro atoms. The Bertz CT molecular complexity index is 1190. The minimum atomic E-state index is -4.50. The molecule has 2 N–H and O–H groups in total. The van der Waals surface area contributed by atoms with E-state index in [4.69, 9.17) is 0 Å². The maximum Gasteiger partial charge on any atom is 0.417 e. The van der Waals surface area contributed by atoms with E-state index in [0.29, 0.717) is 37.7 Å². The molecule has 192 valence electrons. The Hall–Kier alpha value is -3.84. The summed E-state index contributed by atoms with van der Waals surface area (Å²) in [5.41, 5.74) is -0.307. The zero-order valence-electron chi connectivity index (χ0n) is 19.4. The minimum Gasteiger partial charge on any atom is -0.350 e. The van der Waals surface area contributed by atoms with E-state index in [1.54, 1.807) is 10.9 Å². The van der Waals surface area contributed by atoms with E-state index in [0.717, 1.165) is 31.5 Å². The van der Waals surface area contributed by atoms with Crippen LogP contribution in [-0.2, 0) is 25.8 Å². The third-order valence-electron chi connectivity index (χ3n) is 5.92. The molecule has 0 aromatic carbocycles. The largest absolute Gasteiger partial charge is 0.417 e. The predicted molar refractivity (Wildman–Crippen MR) is 119 cm³/mol. The summed E-state index contributed by atoms with van der Waals surface area (Å²) in [5, 5.41) is 21.0. The molecule has 2 amide bonds. The lowest BCUT2D eigenvalue weighted by molar-refractivity contribution is -0.137. The van der Waals surface area contributed by atoms with E-state index in [9.17, 15) is 22.8 Å². The quantitative estimate of drug-likeness (QED) is 0.382. The highest BCUT2D eigenvalue weighted by atomic mass is 19.4. The molecule has 3 aromatic heterocycles. The van der Waals surface area contributed by atoms with E-state index in [-0.39, 0.29) is 23.7 Å². The van der Waals surface area contributed by atoms with Gasteiger partial charge in [0.1, 0.15) is 0 Å². The molecular weight excluding hydrogens is 479 g/mol. The first-order valence-corrected chi connectivity index (χ1v) is 11.7. The Balaban J connectivity index is 1.16. The first-order chi connectivity index (χ1) is 17.3. The Morgan fingerprint density at radius 1 is 0.944 bits per heavy atom. The van der Waals surface area contributed by atoms with Crippen LogP contribution in [0.3, 0.4) is 0 Å². The summed E-state index contributed by atoms with van der Waals surface area (Å²) in [4.78, 5) is 28.0. The molecule has 14 heteroatoms. The van der Waals surface area contributed by atoms with Gasteiger partial charge in [-0.25, -0.2) is 0 Å². The SMILES string of the molecule is O=C(NCc1cncc(C(F)(F)F)c1)c1cn(CCCCn2cc(C(=O)NCC3CCC3)nn2)nn1. The molecule has 0 saturated heterocycles. The van der Waals surface area contributed by atoms with Crippen LogP contribution in [0.4, 0.5) is 13.2 Å². The van der Waals surface area contributed by atoms with Gasteiger partial charge in [0.25, 0.3) is 11.8 Å². The zero-order chi connectivity index (χ0) is 25.5. The van der Waals surface area contributed by atoms with Crippen LogP contribution in [0.5, 0.6) is 0 Å². The maximum atomic E-state index is 12.8. The van der Waals surface area contributed by atoms with Crippen molar-refractivity contribution in [1.82, 2.24) is 45.6 Å². The van der Waals surface area contributed by atoms with E-state index in [1.807, 2.05) is 0 Å². The number of amides is 2. The molecule has 0 aliphatic heterocycles. The van der Waals surface area contributed by atoms with Crippen molar-refractivity contribution >= 4 is 11.8 Å². The van der Waals surface area contributed by atoms with E-state index >= 15 is 0 Å². The summed E-state index contributed by atoms with van der Waals surface area (Å²) in [5.74, 6) is -0.199. The van der Waals surface area contributed by atoms with Gasteiger partial charge in [0.15, 0.2) is 11.4 Å². The molecule has 11 nitrogen and oxygen atoms in total. The third kappa shape index (κ3) is 6.86. The number of aryl methyl sites for hydroxylation is 2. The van der Waals surface area contributed by atoms with Crippen LogP contribution in [0.15, 0.2) is 30.9 Å². The van der Waals surface area contributed by atoms with Gasteiger partial charge < -0.3 is 10.6 Å². The fourth-order valence-electron chi connectivity index (χ4n) is 3.61. The molecule has 36 heavy (non-hydrogen) atoms. The van der Waals surface area contributed by atoms with Gasteiger partial charge in [-0.2, -0.15) is 13.2 Å². The second-order valence-corrected chi connectivity index (χ2v) is 8.71. The van der Waals surface area contributed by atoms with Crippen LogP contribution in [-0.4, -0.2) is 53.3 Å². The molecule has 3 heterocycles. The van der Waals surface area contributed by atoms with Crippen LogP contribution < -0.4 is 10.6 Å². The van der Waals surface area contributed by atoms with Crippen molar-refractivity contribution < 1.29 is 22.8 Å². The summed E-state index contributed by atoms with van der Waals surface area (Å²) in [6, 6.07) is 0.934. The van der Waals surface area contributed by atoms with Crippen LogP contribution in [0, 0.1) is 5.92 Å². The average molecular weight is 506 g/mol. The second-order valence-electron chi connectivity index (χ2n) is 8.71. The lowest BCUT2D eigenvalue weighted by Gasteiger charge is -2.25. The molecule has 0 unspecified atom stereocenters. The van der Waals surface area contributed by atoms with Crippen molar-refractivity contribution in [2.24, 2.45) is 5.92 Å². The van der Waals surface area contributed by atoms with Gasteiger partial charge >= 0.3 is 6.18 Å². The number of carbonyl (C=O) groups excluding carboxylic acids is 2. The van der Waals surface area contributed by atoms with E-state index in [1.165, 1.54) is 23.5 Å². The van der Waals surface area contributed by atoms with Gasteiger partial charge in [-0.1, -0.05) is 16.8 Å². The zero-order valence-corrected chi connectivity index (χ0v) is 19.4. The van der Waals surface area contributed by atoms with Crippen LogP contribution in [0.25, 0.3) is 0 Å². The molecule has 1 aliphatic carbocycles. The summed E-state index contributed by atoms with van der Waals surface area (Å²) >= 11 is 0. The highest BCUT2D eigenvalue weighted by molar-refractivity contribution is 5.92. The van der Waals surface area contributed by atoms with Gasteiger partial charge in [-0.15, -0.1) is 10.2 Å². The standard InChI is InChI=1S/C22H26F3N9O2/c23-22(24,25)17-8-16(9-26-12-17)11-28-21(36)19-14-34(32-30-19)7-2-1-6-33-13-18(29-31-33)20(35)27-10-15-4-3-5-15/h8-9,12-15H,1-7,10-11H2,(H,27,35)(H,28,36). The fourth-order valence-corrected chi connectivity index (χ4v) is 3.61. The van der Waals surface area contributed by atoms with Crippen molar-refractivity contribution in [3.05, 3.63) is 53.4 Å². The maximum absolute atomic E-state index is 12.8. The predicted octanol–water partition coefficient (Wildman–Crippen LogP) is 2.22. The van der Waals surface area contributed by atoms with Gasteiger partial charge in [-0.05, 0) is 43.2 Å². The topological polar surface area (TPSA) is 133 Å². The number of hydrogen-bond donors (Lipinski definition) is 2. The van der Waals surface area contributed by atoms with E-state index in [2.05, 4.69) is 36.2 Å². The van der Waals surface area contributed by atoms with Gasteiger partial charge in [0.05, 0.1) is 18.0 Å². The van der Waals surface area contributed by atoms with Crippen molar-refractivity contribution in [1.29, 1.82) is 0 Å². The van der Waals surface area contributed by atoms with Crippen molar-refractivity contribution in [3.63, 3.8) is 0 Å². The lowest BCUT2D eigenvalue weighted by Crippen LogP contribution is -2.32. The number of nitrogens with zero attached hydrogens (tertiary/aromatic N) is 7. The van der Waals surface area contributed by atoms with Crippen molar-refractivity contribution in [3.8, 4) is 0 Å². The lowest BCUT2D eigenvalue weighted by atomic mass is 9.85. The van der Waals surface area contributed by atoms with Crippen LogP contribution in [0.2, 0.25) is 0 Å². The number of hydrogen-bond acceptors (Lipinski definition) is 7. The fraction of sp³-hybridized carbons (Fsp3) is 0.500. The molecule has 1 aliphatic rings. The van der Waals surface area contributed by atoms with Crippen molar-refractivity contribution in [2.45, 2.75) is 57.9 Å². The minimum absolute atomic E-state index is 0.0590. The number of alkyl halides is 3. The molecule has 0 radical (unpaired) electrons. The molecule has 0 atom stereocenters. The number of rotatable bonds is 11. The molecular formula is C22H26F3N9O2. The number of pyridine rings is 1. The summed E-state index contributed by atoms with van der Waals surface area (Å²) < 4.78 is 41.5. The third-order valence-corrected chi connectivity index (χ3v) is 5.92. The smallest absolute Gasteiger partial charge is 0.350 e. The van der Waals surface area contributed by atoms with Gasteiger partial charge in [-0.3, -0.25) is 23.9 Å². The van der Waals surface area contributed by atoms with Crippen LogP contribution >= 0.6 is 0 Å². The molecule has 0 bridgehead atoms. The van der Waals surface area contributed by atoms with Gasteiger partial charge in [0.2, 0.25) is 0 Å². The van der Waals surface area contributed by atoms with E-state index < -0.39 is 17.6 Å². The highest BCUT2D eigenvalue weighted by Crippen LogP contribution is 2.28. The Morgan fingerprint density at radius 3 is 2.11 bits per heavy atom. The molecule has 1 fully saturated rings.